The molecule has 0 bridgehead atoms. The molecule has 1 amide bonds. The zero-order valence-corrected chi connectivity index (χ0v) is 9.89. The Morgan fingerprint density at radius 3 is 2.29 bits per heavy atom. The standard InChI is InChI=1S/C9H15N3O5/c1-4-16-8(13)7(12-15)6(3)10-11-9(14)17-5-2/h15H,4-5H2,1-3H3,(H,11,14)/b10-6+,12-7-. The van der Waals surface area contributed by atoms with Crippen molar-refractivity contribution in [1.82, 2.24) is 5.43 Å². The van der Waals surface area contributed by atoms with Gasteiger partial charge in [-0.05, 0) is 20.8 Å². The summed E-state index contributed by atoms with van der Waals surface area (Å²) in [5, 5.41) is 14.9. The van der Waals surface area contributed by atoms with E-state index in [9.17, 15) is 9.59 Å². The highest BCUT2D eigenvalue weighted by atomic mass is 16.6. The molecule has 0 aromatic carbocycles. The Balaban J connectivity index is 4.54. The molecule has 0 aromatic rings. The van der Waals surface area contributed by atoms with Crippen LogP contribution in [0.4, 0.5) is 4.79 Å². The molecule has 0 saturated heterocycles. The van der Waals surface area contributed by atoms with Crippen LogP contribution in [0.5, 0.6) is 0 Å². The first kappa shape index (κ1) is 14.9. The molecule has 0 radical (unpaired) electrons. The number of rotatable bonds is 5. The fraction of sp³-hybridized carbons (Fsp3) is 0.556. The topological polar surface area (TPSA) is 110 Å². The van der Waals surface area contributed by atoms with Gasteiger partial charge in [-0.1, -0.05) is 5.16 Å². The number of hydrazone groups is 1. The number of carbonyl (C=O) groups is 2. The average Bonchev–Trinajstić information content (AvgIpc) is 2.28. The van der Waals surface area contributed by atoms with Crippen LogP contribution in [0.3, 0.4) is 0 Å². The lowest BCUT2D eigenvalue weighted by Gasteiger charge is -2.04. The minimum atomic E-state index is -0.832. The van der Waals surface area contributed by atoms with Crippen molar-refractivity contribution in [3.8, 4) is 0 Å². The molecule has 96 valence electrons. The number of ether oxygens (including phenoxy) is 2. The van der Waals surface area contributed by atoms with E-state index in [4.69, 9.17) is 5.21 Å². The van der Waals surface area contributed by atoms with Gasteiger partial charge in [-0.2, -0.15) is 5.10 Å². The van der Waals surface area contributed by atoms with Crippen molar-refractivity contribution in [1.29, 1.82) is 0 Å². The number of nitrogens with zero attached hydrogens (tertiary/aromatic N) is 2. The normalized spacial score (nSPS) is 11.9. The van der Waals surface area contributed by atoms with E-state index in [0.717, 1.165) is 0 Å². The highest BCUT2D eigenvalue weighted by Gasteiger charge is 2.17. The minimum Gasteiger partial charge on any atom is -0.461 e. The van der Waals surface area contributed by atoms with Gasteiger partial charge in [0, 0.05) is 0 Å². The fourth-order valence-electron chi connectivity index (χ4n) is 0.806. The van der Waals surface area contributed by atoms with Crippen LogP contribution in [0, 0.1) is 0 Å². The van der Waals surface area contributed by atoms with Crippen LogP contribution < -0.4 is 5.43 Å². The van der Waals surface area contributed by atoms with Crippen LogP contribution in [0.25, 0.3) is 0 Å². The molecule has 0 aliphatic rings. The van der Waals surface area contributed by atoms with Crippen molar-refractivity contribution in [3.63, 3.8) is 0 Å². The molecule has 0 saturated carbocycles. The van der Waals surface area contributed by atoms with E-state index in [0.29, 0.717) is 0 Å². The second-order valence-electron chi connectivity index (χ2n) is 2.70. The number of nitrogens with one attached hydrogen (secondary N) is 1. The summed E-state index contributed by atoms with van der Waals surface area (Å²) in [6, 6.07) is 0. The lowest BCUT2D eigenvalue weighted by Crippen LogP contribution is -2.28. The van der Waals surface area contributed by atoms with Crippen LogP contribution in [0.15, 0.2) is 10.3 Å². The summed E-state index contributed by atoms with van der Waals surface area (Å²) in [5.74, 6) is -0.832. The van der Waals surface area contributed by atoms with E-state index in [1.165, 1.54) is 6.92 Å². The van der Waals surface area contributed by atoms with E-state index in [-0.39, 0.29) is 24.6 Å². The molecule has 0 heterocycles. The Labute approximate surface area is 98.3 Å². The third-order valence-electron chi connectivity index (χ3n) is 1.50. The number of hydrogen-bond donors (Lipinski definition) is 2. The lowest BCUT2D eigenvalue weighted by molar-refractivity contribution is -0.134. The highest BCUT2D eigenvalue weighted by Crippen LogP contribution is 1.89. The maximum absolute atomic E-state index is 11.2. The van der Waals surface area contributed by atoms with Crippen LogP contribution in [0.2, 0.25) is 0 Å². The number of hydrogen-bond acceptors (Lipinski definition) is 7. The molecule has 0 unspecified atom stereocenters. The fourth-order valence-corrected chi connectivity index (χ4v) is 0.806. The molecule has 0 aliphatic heterocycles. The first-order chi connectivity index (χ1) is 8.06. The molecule has 17 heavy (non-hydrogen) atoms. The Kier molecular flexibility index (Phi) is 7.07. The maximum atomic E-state index is 11.2. The summed E-state index contributed by atoms with van der Waals surface area (Å²) in [7, 11) is 0. The third kappa shape index (κ3) is 5.50. The molecule has 0 fully saturated rings. The van der Waals surface area contributed by atoms with Crippen LogP contribution in [-0.4, -0.2) is 41.9 Å². The van der Waals surface area contributed by atoms with Gasteiger partial charge in [0.25, 0.3) is 0 Å². The predicted molar refractivity (Wildman–Crippen MR) is 59.1 cm³/mol. The number of esters is 1. The first-order valence-electron chi connectivity index (χ1n) is 4.93. The summed E-state index contributed by atoms with van der Waals surface area (Å²) < 4.78 is 9.15. The van der Waals surface area contributed by atoms with Crippen molar-refractivity contribution in [2.24, 2.45) is 10.3 Å². The van der Waals surface area contributed by atoms with Crippen LogP contribution >= 0.6 is 0 Å². The van der Waals surface area contributed by atoms with Crippen molar-refractivity contribution in [3.05, 3.63) is 0 Å². The van der Waals surface area contributed by atoms with Crippen molar-refractivity contribution in [2.75, 3.05) is 13.2 Å². The number of oxime groups is 1. The second kappa shape index (κ2) is 8.08. The monoisotopic (exact) mass is 245 g/mol. The molecule has 0 aromatic heterocycles. The van der Waals surface area contributed by atoms with Gasteiger partial charge < -0.3 is 14.7 Å². The predicted octanol–water partition coefficient (Wildman–Crippen LogP) is 0.502. The van der Waals surface area contributed by atoms with E-state index in [2.05, 4.69) is 19.7 Å². The van der Waals surface area contributed by atoms with E-state index >= 15 is 0 Å². The lowest BCUT2D eigenvalue weighted by atomic mass is 10.2. The summed E-state index contributed by atoms with van der Waals surface area (Å²) in [6.07, 6.45) is -0.770. The van der Waals surface area contributed by atoms with Gasteiger partial charge in [0.05, 0.1) is 18.9 Å². The van der Waals surface area contributed by atoms with Gasteiger partial charge in [-0.25, -0.2) is 15.0 Å². The van der Waals surface area contributed by atoms with Crippen LogP contribution in [0.1, 0.15) is 20.8 Å². The van der Waals surface area contributed by atoms with Gasteiger partial charge >= 0.3 is 12.1 Å². The van der Waals surface area contributed by atoms with Gasteiger partial charge in [-0.3, -0.25) is 0 Å². The Bertz CT molecular complexity index is 338. The smallest absolute Gasteiger partial charge is 0.427 e. The number of carbonyl (C=O) groups excluding carboxylic acids is 2. The molecule has 0 atom stereocenters. The zero-order valence-electron chi connectivity index (χ0n) is 9.89. The molecule has 8 nitrogen and oxygen atoms in total. The molecule has 0 rings (SSSR count). The average molecular weight is 245 g/mol. The third-order valence-corrected chi connectivity index (χ3v) is 1.50. The minimum absolute atomic E-state index is 0.000923. The van der Waals surface area contributed by atoms with Crippen LogP contribution in [-0.2, 0) is 14.3 Å². The second-order valence-corrected chi connectivity index (χ2v) is 2.70. The molecular weight excluding hydrogens is 230 g/mol. The van der Waals surface area contributed by atoms with Crippen molar-refractivity contribution in [2.45, 2.75) is 20.8 Å². The van der Waals surface area contributed by atoms with Crippen molar-refractivity contribution < 1.29 is 24.3 Å². The Morgan fingerprint density at radius 2 is 1.82 bits per heavy atom. The summed E-state index contributed by atoms with van der Waals surface area (Å²) in [6.45, 7) is 4.94. The van der Waals surface area contributed by atoms with E-state index < -0.39 is 12.1 Å². The summed E-state index contributed by atoms with van der Waals surface area (Å²) in [4.78, 5) is 22.1. The Morgan fingerprint density at radius 1 is 1.24 bits per heavy atom. The van der Waals surface area contributed by atoms with Gasteiger partial charge in [0.15, 0.2) is 0 Å². The first-order valence-corrected chi connectivity index (χ1v) is 4.93. The molecular formula is C9H15N3O5. The molecule has 0 aliphatic carbocycles. The Hall–Kier alpha value is -2.12. The van der Waals surface area contributed by atoms with Crippen molar-refractivity contribution >= 4 is 23.5 Å². The summed E-state index contributed by atoms with van der Waals surface area (Å²) >= 11 is 0. The van der Waals surface area contributed by atoms with E-state index in [1.807, 2.05) is 5.43 Å². The largest absolute Gasteiger partial charge is 0.461 e. The maximum Gasteiger partial charge on any atom is 0.427 e. The van der Waals surface area contributed by atoms with Gasteiger partial charge in [-0.15, -0.1) is 0 Å². The molecule has 0 spiro atoms. The van der Waals surface area contributed by atoms with Gasteiger partial charge in [0.1, 0.15) is 0 Å². The highest BCUT2D eigenvalue weighted by molar-refractivity contribution is 6.65. The zero-order chi connectivity index (χ0) is 13.3. The summed E-state index contributed by atoms with van der Waals surface area (Å²) in [5.41, 5.74) is 1.64. The molecule has 2 N–H and O–H groups in total. The quantitative estimate of drug-likeness (QED) is 0.317. The van der Waals surface area contributed by atoms with E-state index in [1.54, 1.807) is 13.8 Å². The number of amides is 1. The SMILES string of the molecule is CCOC(=O)N/N=C(C)/C(=N/O)C(=O)OCC. The molecule has 8 heteroatoms. The van der Waals surface area contributed by atoms with Gasteiger partial charge in [0.2, 0.25) is 5.71 Å².